The maximum absolute atomic E-state index is 13.4. The molecule has 33 heavy (non-hydrogen) atoms. The van der Waals surface area contributed by atoms with Gasteiger partial charge in [0.15, 0.2) is 5.78 Å². The summed E-state index contributed by atoms with van der Waals surface area (Å²) < 4.78 is 44.7. The first-order chi connectivity index (χ1) is 15.7. The average molecular weight is 456 g/mol. The second kappa shape index (κ2) is 8.77. The van der Waals surface area contributed by atoms with Gasteiger partial charge in [-0.3, -0.25) is 9.59 Å². The number of methoxy groups -OCH3 is 1. The van der Waals surface area contributed by atoms with Crippen molar-refractivity contribution in [2.75, 3.05) is 12.4 Å². The molecule has 0 aromatic heterocycles. The van der Waals surface area contributed by atoms with Crippen LogP contribution < -0.4 is 15.4 Å². The van der Waals surface area contributed by atoms with Crippen LogP contribution >= 0.6 is 0 Å². The number of allylic oxidation sites excluding steroid dienone is 3. The van der Waals surface area contributed by atoms with E-state index in [4.69, 9.17) is 4.74 Å². The second-order valence-corrected chi connectivity index (χ2v) is 8.07. The highest BCUT2D eigenvalue weighted by molar-refractivity contribution is 6.09. The van der Waals surface area contributed by atoms with Crippen LogP contribution in [0.1, 0.15) is 43.2 Å². The number of ether oxygens (including phenoxy) is 1. The number of rotatable bonds is 4. The normalized spacial score (nSPS) is 18.6. The maximum Gasteiger partial charge on any atom is 0.416 e. The summed E-state index contributed by atoms with van der Waals surface area (Å²) in [5.41, 5.74) is 2.02. The van der Waals surface area contributed by atoms with Crippen LogP contribution in [-0.4, -0.2) is 18.8 Å². The number of halogens is 3. The summed E-state index contributed by atoms with van der Waals surface area (Å²) in [6, 6.07) is 11.6. The molecule has 0 fully saturated rings. The number of Topliss-reactive ketones (excluding diaryl/α,β-unsaturated/α-hetero) is 1. The van der Waals surface area contributed by atoms with Gasteiger partial charge in [-0.1, -0.05) is 18.2 Å². The summed E-state index contributed by atoms with van der Waals surface area (Å²) in [5, 5.41) is 5.79. The summed E-state index contributed by atoms with van der Waals surface area (Å²) in [5.74, 6) is -0.702. The van der Waals surface area contributed by atoms with E-state index in [1.807, 2.05) is 6.07 Å². The third-order valence-electron chi connectivity index (χ3n) is 5.90. The van der Waals surface area contributed by atoms with E-state index in [0.717, 1.165) is 17.8 Å². The minimum absolute atomic E-state index is 0.0225. The van der Waals surface area contributed by atoms with Crippen molar-refractivity contribution >= 4 is 17.4 Å². The molecule has 1 aliphatic carbocycles. The lowest BCUT2D eigenvalue weighted by Gasteiger charge is -2.34. The standard InChI is InChI=1S/C25H23F3N2O3/c1-14-21(24(32)30-17-8-4-7-16(13-17)25(26,27)28)22(15-6-3-9-18(12-15)33-2)23-19(29-14)10-5-11-20(23)31/h3-4,6-9,12-13,22,29H,5,10-11H2,1-2H3,(H,30,32). The van der Waals surface area contributed by atoms with Gasteiger partial charge in [0.25, 0.3) is 5.91 Å². The number of carbonyl (C=O) groups excluding carboxylic acids is 2. The van der Waals surface area contributed by atoms with Crippen LogP contribution in [0.25, 0.3) is 0 Å². The van der Waals surface area contributed by atoms with Crippen molar-refractivity contribution in [1.82, 2.24) is 5.32 Å². The number of ketones is 1. The lowest BCUT2D eigenvalue weighted by atomic mass is 9.75. The zero-order valence-corrected chi connectivity index (χ0v) is 18.2. The molecule has 1 amide bonds. The van der Waals surface area contributed by atoms with Crippen molar-refractivity contribution in [1.29, 1.82) is 0 Å². The van der Waals surface area contributed by atoms with Gasteiger partial charge >= 0.3 is 6.18 Å². The first kappa shape index (κ1) is 22.6. The van der Waals surface area contributed by atoms with Crippen LogP contribution in [0.2, 0.25) is 0 Å². The number of alkyl halides is 3. The molecule has 2 N–H and O–H groups in total. The molecule has 0 spiro atoms. The molecular formula is C25H23F3N2O3. The molecule has 1 aliphatic heterocycles. The van der Waals surface area contributed by atoms with Crippen molar-refractivity contribution in [3.8, 4) is 5.75 Å². The van der Waals surface area contributed by atoms with Crippen LogP contribution in [0.5, 0.6) is 5.75 Å². The topological polar surface area (TPSA) is 67.4 Å². The number of hydrogen-bond donors (Lipinski definition) is 2. The monoisotopic (exact) mass is 456 g/mol. The lowest BCUT2D eigenvalue weighted by Crippen LogP contribution is -2.35. The Bertz CT molecular complexity index is 1180. The molecule has 4 rings (SSSR count). The molecule has 1 heterocycles. The van der Waals surface area contributed by atoms with Gasteiger partial charge in [-0.25, -0.2) is 0 Å². The number of nitrogens with one attached hydrogen (secondary N) is 2. The van der Waals surface area contributed by atoms with Gasteiger partial charge in [0, 0.05) is 40.6 Å². The highest BCUT2D eigenvalue weighted by atomic mass is 19.4. The number of benzene rings is 2. The number of carbonyl (C=O) groups is 2. The minimum Gasteiger partial charge on any atom is -0.497 e. The van der Waals surface area contributed by atoms with Crippen LogP contribution in [-0.2, 0) is 15.8 Å². The molecule has 1 unspecified atom stereocenters. The van der Waals surface area contributed by atoms with Crippen molar-refractivity contribution in [2.24, 2.45) is 0 Å². The van der Waals surface area contributed by atoms with Gasteiger partial charge in [-0.05, 0) is 55.7 Å². The summed E-state index contributed by atoms with van der Waals surface area (Å²) in [7, 11) is 1.53. The molecule has 172 valence electrons. The van der Waals surface area contributed by atoms with Gasteiger partial charge in [0.1, 0.15) is 5.75 Å². The van der Waals surface area contributed by atoms with Gasteiger partial charge in [-0.2, -0.15) is 13.2 Å². The average Bonchev–Trinajstić information content (AvgIpc) is 2.78. The fourth-order valence-electron chi connectivity index (χ4n) is 4.41. The predicted octanol–water partition coefficient (Wildman–Crippen LogP) is 5.32. The summed E-state index contributed by atoms with van der Waals surface area (Å²) in [6.45, 7) is 1.73. The molecule has 2 aliphatic rings. The Morgan fingerprint density at radius 3 is 2.61 bits per heavy atom. The number of dihydropyridines is 1. The molecule has 0 bridgehead atoms. The number of amides is 1. The van der Waals surface area contributed by atoms with Crippen LogP contribution in [0.4, 0.5) is 18.9 Å². The van der Waals surface area contributed by atoms with Crippen molar-refractivity contribution in [2.45, 2.75) is 38.3 Å². The molecule has 0 saturated carbocycles. The van der Waals surface area contributed by atoms with Gasteiger partial charge in [0.2, 0.25) is 0 Å². The Morgan fingerprint density at radius 1 is 1.12 bits per heavy atom. The highest BCUT2D eigenvalue weighted by Gasteiger charge is 2.38. The Hall–Kier alpha value is -3.55. The maximum atomic E-state index is 13.4. The zero-order valence-electron chi connectivity index (χ0n) is 18.2. The molecule has 5 nitrogen and oxygen atoms in total. The molecule has 2 aromatic rings. The quantitative estimate of drug-likeness (QED) is 0.654. The Balaban J connectivity index is 1.76. The minimum atomic E-state index is -4.53. The molecule has 0 radical (unpaired) electrons. The van der Waals surface area contributed by atoms with Crippen molar-refractivity contribution in [3.05, 3.63) is 82.2 Å². The smallest absolute Gasteiger partial charge is 0.416 e. The van der Waals surface area contributed by atoms with Gasteiger partial charge in [-0.15, -0.1) is 0 Å². The van der Waals surface area contributed by atoms with E-state index in [1.54, 1.807) is 25.1 Å². The highest BCUT2D eigenvalue weighted by Crippen LogP contribution is 2.43. The molecule has 1 atom stereocenters. The Kier molecular flexibility index (Phi) is 6.01. The van der Waals surface area contributed by atoms with Crippen LogP contribution in [0.3, 0.4) is 0 Å². The van der Waals surface area contributed by atoms with Crippen LogP contribution in [0, 0.1) is 0 Å². The largest absolute Gasteiger partial charge is 0.497 e. The van der Waals surface area contributed by atoms with Crippen LogP contribution in [0.15, 0.2) is 71.1 Å². The summed E-state index contributed by atoms with van der Waals surface area (Å²) in [6.07, 6.45) is -2.75. The fourth-order valence-corrected chi connectivity index (χ4v) is 4.41. The van der Waals surface area contributed by atoms with Gasteiger partial charge in [0.05, 0.1) is 12.7 Å². The Labute approximate surface area is 189 Å². The van der Waals surface area contributed by atoms with E-state index >= 15 is 0 Å². The van der Waals surface area contributed by atoms with E-state index in [2.05, 4.69) is 10.6 Å². The van der Waals surface area contributed by atoms with E-state index in [-0.39, 0.29) is 17.0 Å². The first-order valence-corrected chi connectivity index (χ1v) is 10.6. The van der Waals surface area contributed by atoms with Crippen molar-refractivity contribution in [3.63, 3.8) is 0 Å². The Morgan fingerprint density at radius 2 is 1.88 bits per heavy atom. The first-order valence-electron chi connectivity index (χ1n) is 10.6. The number of anilines is 1. The lowest BCUT2D eigenvalue weighted by molar-refractivity contribution is -0.137. The molecule has 0 saturated heterocycles. The second-order valence-electron chi connectivity index (χ2n) is 8.07. The third kappa shape index (κ3) is 4.51. The fraction of sp³-hybridized carbons (Fsp3) is 0.280. The summed E-state index contributed by atoms with van der Waals surface area (Å²) >= 11 is 0. The molecular weight excluding hydrogens is 433 g/mol. The van der Waals surface area contributed by atoms with E-state index in [0.29, 0.717) is 41.8 Å². The van der Waals surface area contributed by atoms with E-state index in [9.17, 15) is 22.8 Å². The van der Waals surface area contributed by atoms with Crippen molar-refractivity contribution < 1.29 is 27.5 Å². The van der Waals surface area contributed by atoms with E-state index in [1.165, 1.54) is 19.2 Å². The SMILES string of the molecule is COc1cccc(C2C(C(=O)Nc3cccc(C(F)(F)F)c3)=C(C)NC3=C2C(=O)CCC3)c1. The van der Waals surface area contributed by atoms with Gasteiger partial charge < -0.3 is 15.4 Å². The molecule has 8 heteroatoms. The number of hydrogen-bond acceptors (Lipinski definition) is 4. The van der Waals surface area contributed by atoms with E-state index < -0.39 is 23.6 Å². The summed E-state index contributed by atoms with van der Waals surface area (Å²) in [4.78, 5) is 26.3. The predicted molar refractivity (Wildman–Crippen MR) is 118 cm³/mol. The zero-order chi connectivity index (χ0) is 23.8. The molecule has 2 aromatic carbocycles. The third-order valence-corrected chi connectivity index (χ3v) is 5.90.